The van der Waals surface area contributed by atoms with Crippen LogP contribution in [0.2, 0.25) is 0 Å². The Morgan fingerprint density at radius 3 is 2.64 bits per heavy atom. The number of hydrogen-bond donors (Lipinski definition) is 1. The van der Waals surface area contributed by atoms with E-state index in [1.807, 2.05) is 0 Å². The van der Waals surface area contributed by atoms with E-state index in [1.54, 1.807) is 0 Å². The van der Waals surface area contributed by atoms with Crippen LogP contribution in [-0.4, -0.2) is 19.6 Å². The molecule has 75 valence electrons. The minimum absolute atomic E-state index is 0.708. The fourth-order valence-corrected chi connectivity index (χ4v) is 1.93. The van der Waals surface area contributed by atoms with Gasteiger partial charge in [0, 0.05) is 18.8 Å². The van der Waals surface area contributed by atoms with Crippen molar-refractivity contribution in [2.75, 3.05) is 24.5 Å². The third kappa shape index (κ3) is 2.07. The molecule has 0 aromatic heterocycles. The van der Waals surface area contributed by atoms with E-state index in [9.17, 15) is 0 Å². The van der Waals surface area contributed by atoms with Gasteiger partial charge in [-0.1, -0.05) is 6.07 Å². The van der Waals surface area contributed by atoms with Crippen molar-refractivity contribution in [1.29, 1.82) is 0 Å². The maximum absolute atomic E-state index is 5.49. The van der Waals surface area contributed by atoms with Gasteiger partial charge in [-0.05, 0) is 49.6 Å². The van der Waals surface area contributed by atoms with Crippen molar-refractivity contribution >= 4 is 5.69 Å². The molecule has 0 spiro atoms. The number of benzene rings is 1. The van der Waals surface area contributed by atoms with Crippen molar-refractivity contribution in [3.63, 3.8) is 0 Å². The van der Waals surface area contributed by atoms with Crippen molar-refractivity contribution < 1.29 is 0 Å². The fraction of sp³-hybridized carbons (Fsp3) is 0.500. The standard InChI is InChI=1S/C12H17N2/c13-8-7-11-3-5-12(6-4-11)14-9-1-2-10-14/h3,5-6H,1-2,7-10,13H2. The Kier molecular flexibility index (Phi) is 3.04. The third-order valence-electron chi connectivity index (χ3n) is 2.75. The summed E-state index contributed by atoms with van der Waals surface area (Å²) in [5, 5.41) is 0. The first kappa shape index (κ1) is 9.53. The van der Waals surface area contributed by atoms with Crippen LogP contribution in [0.1, 0.15) is 18.4 Å². The van der Waals surface area contributed by atoms with Crippen LogP contribution in [0, 0.1) is 6.07 Å². The number of anilines is 1. The first-order chi connectivity index (χ1) is 6.90. The highest BCUT2D eigenvalue weighted by molar-refractivity contribution is 5.47. The van der Waals surface area contributed by atoms with Gasteiger partial charge < -0.3 is 10.6 Å². The van der Waals surface area contributed by atoms with E-state index in [4.69, 9.17) is 5.73 Å². The van der Waals surface area contributed by atoms with Crippen LogP contribution in [0.4, 0.5) is 5.69 Å². The Morgan fingerprint density at radius 1 is 1.29 bits per heavy atom. The average Bonchev–Trinajstić information content (AvgIpc) is 2.72. The Labute approximate surface area is 85.7 Å². The van der Waals surface area contributed by atoms with Crippen molar-refractivity contribution in [3.8, 4) is 0 Å². The predicted molar refractivity (Wildman–Crippen MR) is 59.5 cm³/mol. The monoisotopic (exact) mass is 189 g/mol. The molecule has 1 aliphatic rings. The second-order valence-electron chi connectivity index (χ2n) is 3.80. The molecule has 0 atom stereocenters. The minimum atomic E-state index is 0.708. The van der Waals surface area contributed by atoms with Crippen molar-refractivity contribution in [3.05, 3.63) is 29.8 Å². The number of nitrogens with two attached hydrogens (primary N) is 1. The molecule has 2 heteroatoms. The molecule has 0 bridgehead atoms. The molecule has 1 aliphatic heterocycles. The molecule has 1 radical (unpaired) electrons. The van der Waals surface area contributed by atoms with E-state index in [-0.39, 0.29) is 0 Å². The quantitative estimate of drug-likeness (QED) is 0.782. The van der Waals surface area contributed by atoms with Gasteiger partial charge in [-0.2, -0.15) is 0 Å². The highest BCUT2D eigenvalue weighted by Gasteiger charge is 2.11. The second kappa shape index (κ2) is 4.47. The van der Waals surface area contributed by atoms with Gasteiger partial charge in [-0.15, -0.1) is 0 Å². The van der Waals surface area contributed by atoms with Crippen LogP contribution in [-0.2, 0) is 6.42 Å². The van der Waals surface area contributed by atoms with E-state index in [0.717, 1.165) is 6.42 Å². The normalized spacial score (nSPS) is 16.2. The summed E-state index contributed by atoms with van der Waals surface area (Å²) < 4.78 is 0. The Balaban J connectivity index is 2.05. The largest absolute Gasteiger partial charge is 0.372 e. The van der Waals surface area contributed by atoms with Gasteiger partial charge in [0.25, 0.3) is 0 Å². The molecular formula is C12H17N2. The maximum Gasteiger partial charge on any atom is 0.0372 e. The summed E-state index contributed by atoms with van der Waals surface area (Å²) in [5.74, 6) is 0. The van der Waals surface area contributed by atoms with Gasteiger partial charge in [0.05, 0.1) is 0 Å². The zero-order chi connectivity index (χ0) is 9.80. The van der Waals surface area contributed by atoms with Gasteiger partial charge in [0.1, 0.15) is 0 Å². The van der Waals surface area contributed by atoms with Gasteiger partial charge in [-0.25, -0.2) is 0 Å². The first-order valence-corrected chi connectivity index (χ1v) is 5.36. The van der Waals surface area contributed by atoms with E-state index in [2.05, 4.69) is 29.2 Å². The lowest BCUT2D eigenvalue weighted by molar-refractivity contribution is 0.949. The summed E-state index contributed by atoms with van der Waals surface area (Å²) in [4.78, 5) is 2.42. The summed E-state index contributed by atoms with van der Waals surface area (Å²) in [6.45, 7) is 3.10. The Hall–Kier alpha value is -1.02. The molecule has 2 nitrogen and oxygen atoms in total. The van der Waals surface area contributed by atoms with Gasteiger partial charge >= 0.3 is 0 Å². The molecule has 0 aliphatic carbocycles. The molecule has 1 fully saturated rings. The summed E-state index contributed by atoms with van der Waals surface area (Å²) in [6, 6.07) is 9.71. The summed E-state index contributed by atoms with van der Waals surface area (Å²) >= 11 is 0. The maximum atomic E-state index is 5.49. The summed E-state index contributed by atoms with van der Waals surface area (Å²) in [6.07, 6.45) is 3.58. The van der Waals surface area contributed by atoms with Crippen LogP contribution in [0.25, 0.3) is 0 Å². The smallest absolute Gasteiger partial charge is 0.0372 e. The fourth-order valence-electron chi connectivity index (χ4n) is 1.93. The Bertz CT molecular complexity index is 273. The van der Waals surface area contributed by atoms with E-state index in [1.165, 1.54) is 37.2 Å². The lowest BCUT2D eigenvalue weighted by Gasteiger charge is -2.17. The molecular weight excluding hydrogens is 172 g/mol. The average molecular weight is 189 g/mol. The SMILES string of the molecule is NCCc1[c]cc(N2CCCC2)cc1. The highest BCUT2D eigenvalue weighted by Crippen LogP contribution is 2.19. The molecule has 14 heavy (non-hydrogen) atoms. The second-order valence-corrected chi connectivity index (χ2v) is 3.80. The van der Waals surface area contributed by atoms with E-state index in [0.29, 0.717) is 6.54 Å². The van der Waals surface area contributed by atoms with Crippen LogP contribution in [0.5, 0.6) is 0 Å². The lowest BCUT2D eigenvalue weighted by atomic mass is 10.1. The molecule has 1 aromatic rings. The Morgan fingerprint density at radius 2 is 2.07 bits per heavy atom. The minimum Gasteiger partial charge on any atom is -0.372 e. The van der Waals surface area contributed by atoms with Gasteiger partial charge in [-0.3, -0.25) is 0 Å². The molecule has 1 aromatic carbocycles. The molecule has 1 heterocycles. The topological polar surface area (TPSA) is 29.3 Å². The molecule has 1 saturated heterocycles. The van der Waals surface area contributed by atoms with Crippen molar-refractivity contribution in [1.82, 2.24) is 0 Å². The van der Waals surface area contributed by atoms with Crippen molar-refractivity contribution in [2.24, 2.45) is 5.73 Å². The number of rotatable bonds is 3. The summed E-state index contributed by atoms with van der Waals surface area (Å²) in [5.41, 5.74) is 8.02. The molecule has 0 saturated carbocycles. The van der Waals surface area contributed by atoms with Crippen LogP contribution in [0.3, 0.4) is 0 Å². The van der Waals surface area contributed by atoms with Crippen LogP contribution >= 0.6 is 0 Å². The number of hydrogen-bond acceptors (Lipinski definition) is 2. The van der Waals surface area contributed by atoms with Crippen LogP contribution < -0.4 is 10.6 Å². The summed E-state index contributed by atoms with van der Waals surface area (Å²) in [7, 11) is 0. The molecule has 2 N–H and O–H groups in total. The lowest BCUT2D eigenvalue weighted by Crippen LogP contribution is -2.17. The van der Waals surface area contributed by atoms with Gasteiger partial charge in [0.15, 0.2) is 0 Å². The van der Waals surface area contributed by atoms with Crippen LogP contribution in [0.15, 0.2) is 18.2 Å². The number of nitrogens with zero attached hydrogens (tertiary/aromatic N) is 1. The molecule has 2 rings (SSSR count). The zero-order valence-corrected chi connectivity index (χ0v) is 8.50. The highest BCUT2D eigenvalue weighted by atomic mass is 15.1. The van der Waals surface area contributed by atoms with E-state index >= 15 is 0 Å². The third-order valence-corrected chi connectivity index (χ3v) is 2.75. The van der Waals surface area contributed by atoms with E-state index < -0.39 is 0 Å². The zero-order valence-electron chi connectivity index (χ0n) is 8.50. The molecule has 0 unspecified atom stereocenters. The molecule has 0 amide bonds. The first-order valence-electron chi connectivity index (χ1n) is 5.36. The predicted octanol–water partition coefficient (Wildman–Crippen LogP) is 1.59. The van der Waals surface area contributed by atoms with Gasteiger partial charge in [0.2, 0.25) is 0 Å². The van der Waals surface area contributed by atoms with Crippen molar-refractivity contribution in [2.45, 2.75) is 19.3 Å².